The number of aromatic nitrogens is 1. The van der Waals surface area contributed by atoms with Crippen molar-refractivity contribution in [2.45, 2.75) is 6.10 Å². The molecule has 0 aliphatic carbocycles. The Labute approximate surface area is 117 Å². The van der Waals surface area contributed by atoms with Crippen LogP contribution >= 0.6 is 11.6 Å². The first kappa shape index (κ1) is 15.8. The van der Waals surface area contributed by atoms with Gasteiger partial charge in [-0.15, -0.1) is 0 Å². The van der Waals surface area contributed by atoms with Gasteiger partial charge in [0.25, 0.3) is 11.6 Å². The second-order valence-electron chi connectivity index (χ2n) is 3.54. The number of nitrogens with one attached hydrogen (secondary N) is 1. The molecule has 1 unspecified atom stereocenters. The summed E-state index contributed by atoms with van der Waals surface area (Å²) in [6, 6.07) is 0.940. The van der Waals surface area contributed by atoms with E-state index in [1.165, 1.54) is 0 Å². The lowest BCUT2D eigenvalue weighted by molar-refractivity contribution is -0.385. The monoisotopic (exact) mass is 303 g/mol. The van der Waals surface area contributed by atoms with E-state index in [1.54, 1.807) is 0 Å². The van der Waals surface area contributed by atoms with E-state index in [1.807, 2.05) is 0 Å². The van der Waals surface area contributed by atoms with Crippen LogP contribution in [0, 0.1) is 10.1 Å². The Hall–Kier alpha value is -2.26. The van der Waals surface area contributed by atoms with Crippen LogP contribution in [-0.4, -0.2) is 46.6 Å². The molecular weight excluding hydrogens is 294 g/mol. The summed E-state index contributed by atoms with van der Waals surface area (Å²) in [5, 5.41) is 21.8. The summed E-state index contributed by atoms with van der Waals surface area (Å²) in [6.07, 6.45) is -0.642. The Morgan fingerprint density at radius 3 is 2.85 bits per heavy atom. The quantitative estimate of drug-likeness (QED) is 0.336. The molecule has 0 saturated heterocycles. The van der Waals surface area contributed by atoms with Crippen molar-refractivity contribution in [3.8, 4) is 0 Å². The molecule has 1 rings (SSSR count). The van der Waals surface area contributed by atoms with Gasteiger partial charge in [-0.2, -0.15) is 0 Å². The molecule has 1 aromatic rings. The highest BCUT2D eigenvalue weighted by Gasteiger charge is 2.20. The lowest BCUT2D eigenvalue weighted by Crippen LogP contribution is -2.37. The van der Waals surface area contributed by atoms with E-state index in [4.69, 9.17) is 11.6 Å². The minimum atomic E-state index is -1.55. The molecule has 0 spiro atoms. The third-order valence-corrected chi connectivity index (χ3v) is 2.51. The van der Waals surface area contributed by atoms with E-state index in [-0.39, 0.29) is 10.7 Å². The van der Waals surface area contributed by atoms with Gasteiger partial charge in [-0.3, -0.25) is 14.9 Å². The summed E-state index contributed by atoms with van der Waals surface area (Å²) in [5.74, 6) is -1.73. The maximum atomic E-state index is 11.7. The normalized spacial score (nSPS) is 11.6. The molecule has 1 heterocycles. The average Bonchev–Trinajstić information content (AvgIpc) is 2.43. The standard InChI is InChI=1S/C10H10ClN3O6/c1-20-10(17)7(15)4-13-9(16)6-2-5(14(18)19)3-12-8(6)11/h2-3,7,15H,4H2,1H3,(H,13,16). The Morgan fingerprint density at radius 1 is 1.65 bits per heavy atom. The van der Waals surface area contributed by atoms with Crippen LogP contribution in [0.3, 0.4) is 0 Å². The van der Waals surface area contributed by atoms with Crippen LogP contribution in [0.1, 0.15) is 10.4 Å². The molecule has 1 aromatic heterocycles. The van der Waals surface area contributed by atoms with Crippen molar-refractivity contribution >= 4 is 29.2 Å². The lowest BCUT2D eigenvalue weighted by atomic mass is 10.2. The average molecular weight is 304 g/mol. The highest BCUT2D eigenvalue weighted by molar-refractivity contribution is 6.32. The van der Waals surface area contributed by atoms with Crippen LogP contribution in [0.25, 0.3) is 0 Å². The highest BCUT2D eigenvalue weighted by atomic mass is 35.5. The van der Waals surface area contributed by atoms with Crippen LogP contribution in [-0.2, 0) is 9.53 Å². The summed E-state index contributed by atoms with van der Waals surface area (Å²) in [4.78, 5) is 36.0. The van der Waals surface area contributed by atoms with Crippen LogP contribution < -0.4 is 5.32 Å². The molecule has 10 heteroatoms. The minimum Gasteiger partial charge on any atom is -0.467 e. The Morgan fingerprint density at radius 2 is 2.30 bits per heavy atom. The Bertz CT molecular complexity index is 550. The van der Waals surface area contributed by atoms with Gasteiger partial charge in [0.1, 0.15) is 11.3 Å². The number of nitrogens with zero attached hydrogens (tertiary/aromatic N) is 2. The van der Waals surface area contributed by atoms with E-state index >= 15 is 0 Å². The Kier molecular flexibility index (Phi) is 5.35. The first-order valence-electron chi connectivity index (χ1n) is 5.20. The van der Waals surface area contributed by atoms with Crippen molar-refractivity contribution in [3.63, 3.8) is 0 Å². The van der Waals surface area contributed by atoms with Crippen LogP contribution in [0.2, 0.25) is 5.15 Å². The number of halogens is 1. The summed E-state index contributed by atoms with van der Waals surface area (Å²) in [7, 11) is 1.08. The number of pyridine rings is 1. The van der Waals surface area contributed by atoms with Crippen molar-refractivity contribution in [3.05, 3.63) is 33.1 Å². The highest BCUT2D eigenvalue weighted by Crippen LogP contribution is 2.18. The first-order valence-corrected chi connectivity index (χ1v) is 5.58. The number of rotatable bonds is 5. The number of methoxy groups -OCH3 is 1. The fourth-order valence-corrected chi connectivity index (χ4v) is 1.39. The molecule has 0 aliphatic heterocycles. The number of nitro groups is 1. The zero-order chi connectivity index (χ0) is 15.3. The number of hydrogen-bond acceptors (Lipinski definition) is 7. The lowest BCUT2D eigenvalue weighted by Gasteiger charge is -2.10. The summed E-state index contributed by atoms with van der Waals surface area (Å²) < 4.78 is 4.26. The van der Waals surface area contributed by atoms with Gasteiger partial charge in [-0.1, -0.05) is 11.6 Å². The molecule has 1 atom stereocenters. The number of aliphatic hydroxyl groups is 1. The van der Waals surface area contributed by atoms with Crippen molar-refractivity contribution < 1.29 is 24.4 Å². The number of hydrogen-bond donors (Lipinski definition) is 2. The topological polar surface area (TPSA) is 132 Å². The van der Waals surface area contributed by atoms with Gasteiger partial charge in [0, 0.05) is 6.07 Å². The van der Waals surface area contributed by atoms with Crippen LogP contribution in [0.5, 0.6) is 0 Å². The second-order valence-corrected chi connectivity index (χ2v) is 3.90. The largest absolute Gasteiger partial charge is 0.467 e. The number of ether oxygens (including phenoxy) is 1. The fraction of sp³-hybridized carbons (Fsp3) is 0.300. The summed E-state index contributed by atoms with van der Waals surface area (Å²) in [6.45, 7) is -0.426. The predicted octanol–water partition coefficient (Wildman–Crippen LogP) is -0.0931. The second kappa shape index (κ2) is 6.78. The van der Waals surface area contributed by atoms with Gasteiger partial charge in [-0.05, 0) is 0 Å². The van der Waals surface area contributed by atoms with Crippen LogP contribution in [0.15, 0.2) is 12.3 Å². The molecule has 20 heavy (non-hydrogen) atoms. The van der Waals surface area contributed by atoms with Crippen LogP contribution in [0.4, 0.5) is 5.69 Å². The maximum Gasteiger partial charge on any atom is 0.336 e. The molecule has 2 N–H and O–H groups in total. The molecule has 0 fully saturated rings. The molecule has 0 radical (unpaired) electrons. The molecule has 108 valence electrons. The van der Waals surface area contributed by atoms with E-state index in [2.05, 4.69) is 15.0 Å². The van der Waals surface area contributed by atoms with Gasteiger partial charge in [0.2, 0.25) is 0 Å². The third kappa shape index (κ3) is 3.87. The maximum absolute atomic E-state index is 11.7. The van der Waals surface area contributed by atoms with Gasteiger partial charge < -0.3 is 15.2 Å². The number of aliphatic hydroxyl groups excluding tert-OH is 1. The molecular formula is C10H10ClN3O6. The smallest absolute Gasteiger partial charge is 0.336 e. The van der Waals surface area contributed by atoms with E-state index < -0.39 is 35.1 Å². The predicted molar refractivity (Wildman–Crippen MR) is 66.3 cm³/mol. The number of carbonyl (C=O) groups is 2. The molecule has 9 nitrogen and oxygen atoms in total. The van der Waals surface area contributed by atoms with Gasteiger partial charge in [0.05, 0.1) is 24.1 Å². The summed E-state index contributed by atoms with van der Waals surface area (Å²) >= 11 is 5.65. The van der Waals surface area contributed by atoms with Crippen molar-refractivity contribution in [2.24, 2.45) is 0 Å². The van der Waals surface area contributed by atoms with Gasteiger partial charge >= 0.3 is 5.97 Å². The van der Waals surface area contributed by atoms with Crippen molar-refractivity contribution in [1.82, 2.24) is 10.3 Å². The Balaban J connectivity index is 2.80. The van der Waals surface area contributed by atoms with Crippen molar-refractivity contribution in [2.75, 3.05) is 13.7 Å². The number of amides is 1. The third-order valence-electron chi connectivity index (χ3n) is 2.21. The molecule has 0 aliphatic rings. The SMILES string of the molecule is COC(=O)C(O)CNC(=O)c1cc([N+](=O)[O-])cnc1Cl. The molecule has 0 saturated carbocycles. The fourth-order valence-electron chi connectivity index (χ4n) is 1.20. The van der Waals surface area contributed by atoms with E-state index in [0.29, 0.717) is 0 Å². The van der Waals surface area contributed by atoms with E-state index in [9.17, 15) is 24.8 Å². The molecule has 1 amide bonds. The minimum absolute atomic E-state index is 0.236. The van der Waals surface area contributed by atoms with Gasteiger partial charge in [-0.25, -0.2) is 9.78 Å². The molecule has 0 bridgehead atoms. The summed E-state index contributed by atoms with van der Waals surface area (Å²) in [5.41, 5.74) is -0.647. The molecule has 0 aromatic carbocycles. The van der Waals surface area contributed by atoms with Gasteiger partial charge in [0.15, 0.2) is 6.10 Å². The van der Waals surface area contributed by atoms with E-state index in [0.717, 1.165) is 19.4 Å². The zero-order valence-electron chi connectivity index (χ0n) is 10.2. The van der Waals surface area contributed by atoms with Crippen molar-refractivity contribution in [1.29, 1.82) is 0 Å². The first-order chi connectivity index (χ1) is 9.36. The zero-order valence-corrected chi connectivity index (χ0v) is 11.0. The number of carbonyl (C=O) groups excluding carboxylic acids is 2. The number of esters is 1.